The molecule has 0 unspecified atom stereocenters. The van der Waals surface area contributed by atoms with Gasteiger partial charge in [0, 0.05) is 36.5 Å². The molecule has 1 aromatic carbocycles. The molecule has 0 aliphatic rings. The lowest BCUT2D eigenvalue weighted by Crippen LogP contribution is -2.22. The van der Waals surface area contributed by atoms with Gasteiger partial charge in [-0.3, -0.25) is 4.90 Å². The van der Waals surface area contributed by atoms with Gasteiger partial charge in [-0.1, -0.05) is 35.3 Å². The molecule has 0 spiro atoms. The van der Waals surface area contributed by atoms with Crippen molar-refractivity contribution < 1.29 is 0 Å². The van der Waals surface area contributed by atoms with Gasteiger partial charge in [0.05, 0.1) is 28.3 Å². The Morgan fingerprint density at radius 1 is 1.18 bits per heavy atom. The van der Waals surface area contributed by atoms with Crippen molar-refractivity contribution in [3.63, 3.8) is 0 Å². The number of halogens is 2. The van der Waals surface area contributed by atoms with Crippen molar-refractivity contribution in [1.29, 1.82) is 10.5 Å². The Labute approximate surface area is 139 Å². The molecular weight excluding hydrogens is 319 g/mol. The van der Waals surface area contributed by atoms with Crippen LogP contribution in [0.1, 0.15) is 12.0 Å². The summed E-state index contributed by atoms with van der Waals surface area (Å²) in [5, 5.41) is 18.9. The van der Waals surface area contributed by atoms with E-state index >= 15 is 0 Å². The molecule has 6 heteroatoms. The molecule has 0 saturated carbocycles. The van der Waals surface area contributed by atoms with Crippen LogP contribution in [-0.4, -0.2) is 23.1 Å². The van der Waals surface area contributed by atoms with E-state index in [4.69, 9.17) is 28.5 Å². The van der Waals surface area contributed by atoms with E-state index in [1.807, 2.05) is 28.8 Å². The van der Waals surface area contributed by atoms with Gasteiger partial charge in [-0.15, -0.1) is 0 Å². The van der Waals surface area contributed by atoms with Crippen molar-refractivity contribution in [3.8, 4) is 23.3 Å². The van der Waals surface area contributed by atoms with Gasteiger partial charge in [0.2, 0.25) is 0 Å². The Bertz CT molecular complexity index is 752. The van der Waals surface area contributed by atoms with Gasteiger partial charge >= 0.3 is 0 Å². The summed E-state index contributed by atoms with van der Waals surface area (Å²) < 4.78 is 1.91. The smallest absolute Gasteiger partial charge is 0.101 e. The minimum absolute atomic E-state index is 0.441. The highest BCUT2D eigenvalue weighted by Crippen LogP contribution is 2.35. The third kappa shape index (κ3) is 3.61. The van der Waals surface area contributed by atoms with E-state index in [-0.39, 0.29) is 0 Å². The molecule has 22 heavy (non-hydrogen) atoms. The summed E-state index contributed by atoms with van der Waals surface area (Å²) in [7, 11) is 1.93. The Balaban J connectivity index is 2.32. The molecule has 0 radical (unpaired) electrons. The third-order valence-electron chi connectivity index (χ3n) is 3.25. The second kappa shape index (κ2) is 7.33. The van der Waals surface area contributed by atoms with E-state index in [0.29, 0.717) is 35.2 Å². The molecule has 2 rings (SSSR count). The molecule has 0 N–H and O–H groups in total. The molecule has 2 aromatic rings. The second-order valence-corrected chi connectivity index (χ2v) is 5.73. The number of nitriles is 2. The summed E-state index contributed by atoms with van der Waals surface area (Å²) in [4.78, 5) is 2.01. The summed E-state index contributed by atoms with van der Waals surface area (Å²) >= 11 is 12.3. The van der Waals surface area contributed by atoms with Gasteiger partial charge in [0.1, 0.15) is 6.07 Å². The van der Waals surface area contributed by atoms with Crippen LogP contribution >= 0.6 is 23.2 Å². The van der Waals surface area contributed by atoms with E-state index in [9.17, 15) is 5.26 Å². The lowest BCUT2D eigenvalue weighted by molar-refractivity contribution is 0.275. The number of nitrogens with zero attached hydrogens (tertiary/aromatic N) is 4. The predicted molar refractivity (Wildman–Crippen MR) is 87.5 cm³/mol. The van der Waals surface area contributed by atoms with Crippen LogP contribution in [0.5, 0.6) is 0 Å². The first kappa shape index (κ1) is 16.4. The zero-order valence-corrected chi connectivity index (χ0v) is 13.6. The van der Waals surface area contributed by atoms with Crippen LogP contribution in [0.15, 0.2) is 30.6 Å². The van der Waals surface area contributed by atoms with Crippen LogP contribution < -0.4 is 0 Å². The van der Waals surface area contributed by atoms with Crippen LogP contribution in [0.4, 0.5) is 0 Å². The lowest BCUT2D eigenvalue weighted by atomic mass is 10.1. The second-order valence-electron chi connectivity index (χ2n) is 4.94. The van der Waals surface area contributed by atoms with Crippen molar-refractivity contribution in [2.75, 3.05) is 13.6 Å². The average molecular weight is 333 g/mol. The van der Waals surface area contributed by atoms with Crippen molar-refractivity contribution in [3.05, 3.63) is 46.2 Å². The molecule has 0 aliphatic carbocycles. The molecule has 0 fully saturated rings. The fourth-order valence-corrected chi connectivity index (χ4v) is 2.60. The normalized spacial score (nSPS) is 10.5. The minimum atomic E-state index is 0.441. The van der Waals surface area contributed by atoms with E-state index in [1.54, 1.807) is 18.3 Å². The number of hydrogen-bond donors (Lipinski definition) is 0. The Kier molecular flexibility index (Phi) is 5.46. The number of benzene rings is 1. The molecule has 0 saturated heterocycles. The molecule has 0 bridgehead atoms. The van der Waals surface area contributed by atoms with Gasteiger partial charge in [-0.05, 0) is 13.1 Å². The number of hydrogen-bond acceptors (Lipinski definition) is 3. The van der Waals surface area contributed by atoms with E-state index < -0.39 is 0 Å². The maximum absolute atomic E-state index is 9.33. The Morgan fingerprint density at radius 2 is 1.95 bits per heavy atom. The first-order valence-corrected chi connectivity index (χ1v) is 7.42. The quantitative estimate of drug-likeness (QED) is 0.826. The number of aromatic nitrogens is 1. The fourth-order valence-electron chi connectivity index (χ4n) is 2.20. The summed E-state index contributed by atoms with van der Waals surface area (Å²) in [5.41, 5.74) is 2.03. The first-order chi connectivity index (χ1) is 10.6. The van der Waals surface area contributed by atoms with Crippen molar-refractivity contribution >= 4 is 23.2 Å². The van der Waals surface area contributed by atoms with Crippen molar-refractivity contribution in [2.24, 2.45) is 0 Å². The fraction of sp³-hybridized carbons (Fsp3) is 0.250. The topological polar surface area (TPSA) is 55.8 Å². The highest BCUT2D eigenvalue weighted by Gasteiger charge is 2.14. The van der Waals surface area contributed by atoms with Gasteiger partial charge in [0.15, 0.2) is 0 Å². The zero-order chi connectivity index (χ0) is 16.1. The van der Waals surface area contributed by atoms with Crippen molar-refractivity contribution in [2.45, 2.75) is 13.1 Å². The molecular formula is C16H14Cl2N4. The largest absolute Gasteiger partial charge is 0.339 e. The van der Waals surface area contributed by atoms with Gasteiger partial charge in [-0.25, -0.2) is 0 Å². The van der Waals surface area contributed by atoms with Gasteiger partial charge < -0.3 is 4.57 Å². The van der Waals surface area contributed by atoms with Crippen LogP contribution in [0.25, 0.3) is 11.1 Å². The van der Waals surface area contributed by atoms with Crippen molar-refractivity contribution in [1.82, 2.24) is 9.47 Å². The molecule has 4 nitrogen and oxygen atoms in total. The molecule has 0 atom stereocenters. The number of rotatable bonds is 5. The first-order valence-electron chi connectivity index (χ1n) is 6.66. The Hall–Kier alpha value is -1.98. The SMILES string of the molecule is CN(CCC#N)Cn1cc(C#N)c(-c2cccc(Cl)c2Cl)c1. The minimum Gasteiger partial charge on any atom is -0.339 e. The molecule has 0 amide bonds. The van der Waals surface area contributed by atoms with Crippen LogP contribution in [0.2, 0.25) is 10.0 Å². The molecule has 1 heterocycles. The predicted octanol–water partition coefficient (Wildman–Crippen LogP) is 4.14. The van der Waals surface area contributed by atoms with E-state index in [0.717, 1.165) is 11.1 Å². The molecule has 112 valence electrons. The summed E-state index contributed by atoms with van der Waals surface area (Å²) in [5.74, 6) is 0. The van der Waals surface area contributed by atoms with E-state index in [2.05, 4.69) is 12.1 Å². The van der Waals surface area contributed by atoms with Gasteiger partial charge in [-0.2, -0.15) is 10.5 Å². The highest BCUT2D eigenvalue weighted by molar-refractivity contribution is 6.43. The van der Waals surface area contributed by atoms with E-state index in [1.165, 1.54) is 0 Å². The maximum atomic E-state index is 9.33. The molecule has 1 aromatic heterocycles. The average Bonchev–Trinajstić information content (AvgIpc) is 2.90. The standard InChI is InChI=1S/C16H14Cl2N4/c1-21(7-3-6-19)11-22-9-12(8-20)14(10-22)13-4-2-5-15(17)16(13)18/h2,4-5,9-10H,3,7,11H2,1H3. The van der Waals surface area contributed by atoms with Crippen LogP contribution in [0, 0.1) is 22.7 Å². The van der Waals surface area contributed by atoms with Crippen LogP contribution in [-0.2, 0) is 6.67 Å². The third-order valence-corrected chi connectivity index (χ3v) is 4.07. The summed E-state index contributed by atoms with van der Waals surface area (Å²) in [6.07, 6.45) is 4.12. The lowest BCUT2D eigenvalue weighted by Gasteiger charge is -2.15. The summed E-state index contributed by atoms with van der Waals surface area (Å²) in [6.45, 7) is 1.26. The monoisotopic (exact) mass is 332 g/mol. The zero-order valence-electron chi connectivity index (χ0n) is 12.1. The highest BCUT2D eigenvalue weighted by atomic mass is 35.5. The Morgan fingerprint density at radius 3 is 2.64 bits per heavy atom. The van der Waals surface area contributed by atoms with Crippen LogP contribution in [0.3, 0.4) is 0 Å². The maximum Gasteiger partial charge on any atom is 0.101 e. The van der Waals surface area contributed by atoms with Gasteiger partial charge in [0.25, 0.3) is 0 Å². The summed E-state index contributed by atoms with van der Waals surface area (Å²) in [6, 6.07) is 9.66. The molecule has 0 aliphatic heterocycles.